The molecule has 3 unspecified atom stereocenters. The maximum atomic E-state index is 13.3. The van der Waals surface area contributed by atoms with Gasteiger partial charge >= 0.3 is 6.18 Å². The Morgan fingerprint density at radius 1 is 1.33 bits per heavy atom. The molecule has 2 aliphatic heterocycles. The van der Waals surface area contributed by atoms with Crippen LogP contribution in [0.1, 0.15) is 40.5 Å². The fourth-order valence-electron chi connectivity index (χ4n) is 5.38. The van der Waals surface area contributed by atoms with Crippen molar-refractivity contribution in [3.8, 4) is 6.07 Å². The number of halogens is 3. The topological polar surface area (TPSA) is 114 Å². The minimum Gasteiger partial charge on any atom is -0.356 e. The first-order chi connectivity index (χ1) is 15.3. The van der Waals surface area contributed by atoms with E-state index in [4.69, 9.17) is 0 Å². The summed E-state index contributed by atoms with van der Waals surface area (Å²) in [5.41, 5.74) is -0.182. The van der Waals surface area contributed by atoms with E-state index in [9.17, 15) is 32.8 Å². The quantitative estimate of drug-likeness (QED) is 0.492. The highest BCUT2D eigenvalue weighted by Gasteiger charge is 2.69. The van der Waals surface area contributed by atoms with Gasteiger partial charge in [0.05, 0.1) is 18.7 Å². The van der Waals surface area contributed by atoms with Gasteiger partial charge in [0.1, 0.15) is 12.1 Å². The van der Waals surface area contributed by atoms with E-state index in [1.165, 1.54) is 4.90 Å². The number of piperidine rings is 1. The van der Waals surface area contributed by atoms with Crippen molar-refractivity contribution in [2.75, 3.05) is 19.6 Å². The molecule has 3 N–H and O–H groups in total. The van der Waals surface area contributed by atoms with Gasteiger partial charge in [-0.1, -0.05) is 27.7 Å². The number of carbonyl (C=O) groups excluding carboxylic acids is 3. The van der Waals surface area contributed by atoms with Crippen molar-refractivity contribution in [3.05, 3.63) is 0 Å². The Morgan fingerprint density at radius 3 is 2.52 bits per heavy atom. The Morgan fingerprint density at radius 2 is 2.00 bits per heavy atom. The van der Waals surface area contributed by atoms with E-state index in [1.807, 2.05) is 19.9 Å². The molecule has 3 rings (SSSR count). The van der Waals surface area contributed by atoms with Crippen LogP contribution in [0.4, 0.5) is 13.2 Å². The van der Waals surface area contributed by atoms with Gasteiger partial charge < -0.3 is 15.5 Å². The highest BCUT2D eigenvalue weighted by molar-refractivity contribution is 5.92. The van der Waals surface area contributed by atoms with E-state index in [-0.39, 0.29) is 42.0 Å². The number of nitriles is 1. The average Bonchev–Trinajstić information content (AvgIpc) is 3.08. The second-order valence-corrected chi connectivity index (χ2v) is 10.3. The second kappa shape index (κ2) is 9.12. The number of nitrogens with one attached hydrogen (secondary N) is 3. The van der Waals surface area contributed by atoms with Gasteiger partial charge in [-0.25, -0.2) is 0 Å². The van der Waals surface area contributed by atoms with Crippen molar-refractivity contribution in [1.29, 1.82) is 5.26 Å². The Hall–Kier alpha value is -2.35. The molecule has 0 spiro atoms. The maximum Gasteiger partial charge on any atom is 0.401 e. The zero-order chi connectivity index (χ0) is 24.7. The van der Waals surface area contributed by atoms with Crippen LogP contribution in [0.5, 0.6) is 0 Å². The predicted octanol–water partition coefficient (Wildman–Crippen LogP) is 1.18. The van der Waals surface area contributed by atoms with Crippen LogP contribution in [0, 0.1) is 40.4 Å². The Kier molecular flexibility index (Phi) is 6.99. The van der Waals surface area contributed by atoms with Crippen LogP contribution in [0.25, 0.3) is 0 Å². The molecule has 0 aromatic rings. The Bertz CT molecular complexity index is 838. The lowest BCUT2D eigenvalue weighted by atomic mass is 9.96. The number of fused-ring (bicyclic) bond motifs is 1. The zero-order valence-electron chi connectivity index (χ0n) is 19.3. The zero-order valence-corrected chi connectivity index (χ0v) is 19.3. The molecule has 8 nitrogen and oxygen atoms in total. The molecule has 0 bridgehead atoms. The van der Waals surface area contributed by atoms with Gasteiger partial charge in [-0.05, 0) is 36.0 Å². The number of rotatable bonds is 8. The number of amides is 3. The first-order valence-electron chi connectivity index (χ1n) is 11.4. The highest BCUT2D eigenvalue weighted by atomic mass is 19.4. The van der Waals surface area contributed by atoms with Gasteiger partial charge in [0.25, 0.3) is 0 Å². The van der Waals surface area contributed by atoms with Gasteiger partial charge in [0.15, 0.2) is 0 Å². The minimum atomic E-state index is -4.47. The van der Waals surface area contributed by atoms with E-state index in [1.54, 1.807) is 13.8 Å². The van der Waals surface area contributed by atoms with Crippen molar-refractivity contribution in [2.45, 2.75) is 64.8 Å². The average molecular weight is 472 g/mol. The molecule has 1 saturated carbocycles. The molecule has 6 atom stereocenters. The van der Waals surface area contributed by atoms with Crippen LogP contribution in [-0.4, -0.2) is 66.6 Å². The summed E-state index contributed by atoms with van der Waals surface area (Å²) < 4.78 is 38.3. The van der Waals surface area contributed by atoms with Gasteiger partial charge in [0, 0.05) is 19.0 Å². The lowest BCUT2D eigenvalue weighted by molar-refractivity contribution is -0.146. The van der Waals surface area contributed by atoms with E-state index in [0.29, 0.717) is 13.0 Å². The van der Waals surface area contributed by atoms with E-state index in [2.05, 4.69) is 16.0 Å². The molecular weight excluding hydrogens is 439 g/mol. The van der Waals surface area contributed by atoms with Crippen molar-refractivity contribution in [2.24, 2.45) is 29.1 Å². The number of hydrogen-bond acceptors (Lipinski definition) is 5. The largest absolute Gasteiger partial charge is 0.401 e. The van der Waals surface area contributed by atoms with Crippen molar-refractivity contribution >= 4 is 17.7 Å². The molecule has 3 amide bonds. The van der Waals surface area contributed by atoms with Crippen molar-refractivity contribution in [1.82, 2.24) is 20.9 Å². The predicted molar refractivity (Wildman–Crippen MR) is 112 cm³/mol. The van der Waals surface area contributed by atoms with E-state index in [0.717, 1.165) is 0 Å². The molecule has 184 valence electrons. The molecule has 0 aromatic carbocycles. The third-order valence-electron chi connectivity index (χ3n) is 7.37. The Balaban J connectivity index is 1.74. The van der Waals surface area contributed by atoms with Crippen LogP contribution >= 0.6 is 0 Å². The summed E-state index contributed by atoms with van der Waals surface area (Å²) in [6.45, 7) is 6.81. The smallest absolute Gasteiger partial charge is 0.356 e. The SMILES string of the molecule is CC(C)[C@H](NCC(F)(F)F)C(=O)N1CC2C(C1C(=O)N[C@H](C#N)C[C@@H]1CCNC1=O)C2(C)C. The molecule has 0 aromatic heterocycles. The molecule has 0 radical (unpaired) electrons. The summed E-state index contributed by atoms with van der Waals surface area (Å²) in [6.07, 6.45) is -3.71. The standard InChI is InChI=1S/C22H32F3N5O3/c1-11(2)16(28-10-22(23,24)25)20(33)30-9-14-15(21(14,3)4)17(30)19(32)29-13(8-26)7-12-5-6-27-18(12)31/h11-17,28H,5-7,9-10H2,1-4H3,(H,27,31)(H,29,32)/t12-,13-,14?,15?,16-,17?/m0/s1. The Labute approximate surface area is 191 Å². The van der Waals surface area contributed by atoms with Crippen LogP contribution in [0.3, 0.4) is 0 Å². The van der Waals surface area contributed by atoms with Crippen LogP contribution < -0.4 is 16.0 Å². The van der Waals surface area contributed by atoms with Crippen LogP contribution in [0.2, 0.25) is 0 Å². The first kappa shape index (κ1) is 25.3. The fourth-order valence-corrected chi connectivity index (χ4v) is 5.38. The van der Waals surface area contributed by atoms with E-state index >= 15 is 0 Å². The summed E-state index contributed by atoms with van der Waals surface area (Å²) in [7, 11) is 0. The summed E-state index contributed by atoms with van der Waals surface area (Å²) >= 11 is 0. The number of carbonyl (C=O) groups is 3. The molecule has 2 saturated heterocycles. The summed E-state index contributed by atoms with van der Waals surface area (Å²) in [5, 5.41) is 17.2. The third-order valence-corrected chi connectivity index (χ3v) is 7.37. The molecule has 1 aliphatic carbocycles. The summed E-state index contributed by atoms with van der Waals surface area (Å²) in [5.74, 6) is -2.04. The monoisotopic (exact) mass is 471 g/mol. The van der Waals surface area contributed by atoms with Crippen molar-refractivity contribution < 1.29 is 27.6 Å². The van der Waals surface area contributed by atoms with Gasteiger partial charge in [-0.2, -0.15) is 18.4 Å². The molecule has 3 fully saturated rings. The van der Waals surface area contributed by atoms with Gasteiger partial charge in [0.2, 0.25) is 17.7 Å². The number of hydrogen-bond donors (Lipinski definition) is 3. The maximum absolute atomic E-state index is 13.3. The summed E-state index contributed by atoms with van der Waals surface area (Å²) in [6, 6.07) is -0.821. The number of likely N-dealkylation sites (tertiary alicyclic amines) is 1. The molecule has 3 aliphatic rings. The fraction of sp³-hybridized carbons (Fsp3) is 0.818. The summed E-state index contributed by atoms with van der Waals surface area (Å²) in [4.78, 5) is 39.8. The van der Waals surface area contributed by atoms with Crippen LogP contribution in [0.15, 0.2) is 0 Å². The van der Waals surface area contributed by atoms with Crippen molar-refractivity contribution in [3.63, 3.8) is 0 Å². The van der Waals surface area contributed by atoms with Gasteiger partial charge in [-0.3, -0.25) is 19.7 Å². The number of alkyl halides is 3. The molecule has 11 heteroatoms. The number of nitrogens with zero attached hydrogens (tertiary/aromatic N) is 2. The lowest BCUT2D eigenvalue weighted by Crippen LogP contribution is -2.58. The normalized spacial score (nSPS) is 29.8. The molecular formula is C22H32F3N5O3. The minimum absolute atomic E-state index is 0.0637. The van der Waals surface area contributed by atoms with E-state index < -0.39 is 48.6 Å². The highest BCUT2D eigenvalue weighted by Crippen LogP contribution is 2.65. The van der Waals surface area contributed by atoms with Gasteiger partial charge in [-0.15, -0.1) is 0 Å². The third kappa shape index (κ3) is 5.26. The second-order valence-electron chi connectivity index (χ2n) is 10.3. The lowest BCUT2D eigenvalue weighted by Gasteiger charge is -2.34. The first-order valence-corrected chi connectivity index (χ1v) is 11.4. The molecule has 33 heavy (non-hydrogen) atoms. The van der Waals surface area contributed by atoms with Crippen LogP contribution in [-0.2, 0) is 14.4 Å². The molecule has 2 heterocycles.